The number of hydrogen-bond acceptors (Lipinski definition) is 4. The number of halogens is 3. The first-order chi connectivity index (χ1) is 10.8. The zero-order valence-electron chi connectivity index (χ0n) is 12.3. The Labute approximate surface area is 129 Å². The third-order valence-corrected chi connectivity index (χ3v) is 3.68. The van der Waals surface area contributed by atoms with Gasteiger partial charge < -0.3 is 9.15 Å². The van der Waals surface area contributed by atoms with Crippen LogP contribution in [0, 0.1) is 5.92 Å². The average Bonchev–Trinajstić information content (AvgIpc) is 2.92. The second-order valence-electron chi connectivity index (χ2n) is 5.30. The van der Waals surface area contributed by atoms with Gasteiger partial charge in [-0.05, 0) is 18.2 Å². The number of benzene rings is 1. The molecular weight excluding hydrogens is 313 g/mol. The largest absolute Gasteiger partial charge is 0.493 e. The Morgan fingerprint density at radius 1 is 1.39 bits per heavy atom. The first-order valence-corrected chi connectivity index (χ1v) is 6.85. The van der Waals surface area contributed by atoms with Gasteiger partial charge in [-0.1, -0.05) is 6.92 Å². The van der Waals surface area contributed by atoms with Crippen LogP contribution in [0.2, 0.25) is 0 Å². The number of carbonyl (C=O) groups excluding carboxylic acids is 1. The molecule has 0 radical (unpaired) electrons. The van der Waals surface area contributed by atoms with Crippen LogP contribution in [0.4, 0.5) is 13.2 Å². The quantitative estimate of drug-likeness (QED) is 0.921. The summed E-state index contributed by atoms with van der Waals surface area (Å²) in [5, 5.41) is 4.24. The molecule has 1 aromatic carbocycles. The fourth-order valence-corrected chi connectivity index (χ4v) is 2.60. The van der Waals surface area contributed by atoms with Crippen molar-refractivity contribution in [2.45, 2.75) is 19.5 Å². The second-order valence-corrected chi connectivity index (χ2v) is 5.30. The van der Waals surface area contributed by atoms with Crippen molar-refractivity contribution in [3.63, 3.8) is 0 Å². The number of furan rings is 1. The Balaban J connectivity index is 2.22. The van der Waals surface area contributed by atoms with Crippen molar-refractivity contribution in [1.82, 2.24) is 5.43 Å². The van der Waals surface area contributed by atoms with Crippen molar-refractivity contribution in [2.24, 2.45) is 11.0 Å². The van der Waals surface area contributed by atoms with Crippen LogP contribution in [0.15, 0.2) is 27.7 Å². The van der Waals surface area contributed by atoms with E-state index < -0.39 is 11.9 Å². The first-order valence-electron chi connectivity index (χ1n) is 6.85. The topological polar surface area (TPSA) is 63.8 Å². The van der Waals surface area contributed by atoms with Crippen LogP contribution in [-0.2, 0) is 11.0 Å². The van der Waals surface area contributed by atoms with Crippen molar-refractivity contribution >= 4 is 22.6 Å². The number of hydrogen-bond donors (Lipinski definition) is 1. The van der Waals surface area contributed by atoms with E-state index in [0.717, 1.165) is 6.07 Å². The van der Waals surface area contributed by atoms with Gasteiger partial charge in [-0.3, -0.25) is 4.79 Å². The molecular formula is C15H13F3N2O3. The summed E-state index contributed by atoms with van der Waals surface area (Å²) in [6.45, 7) is 1.79. The number of methoxy groups -OCH3 is 1. The lowest BCUT2D eigenvalue weighted by molar-refractivity contribution is -0.152. The van der Waals surface area contributed by atoms with Crippen molar-refractivity contribution in [3.8, 4) is 5.75 Å². The molecule has 0 bridgehead atoms. The number of alkyl halides is 3. The fourth-order valence-electron chi connectivity index (χ4n) is 2.60. The predicted octanol–water partition coefficient (Wildman–Crippen LogP) is 3.32. The lowest BCUT2D eigenvalue weighted by Crippen LogP contribution is -2.32. The maximum absolute atomic E-state index is 12.9. The molecule has 8 heteroatoms. The third-order valence-electron chi connectivity index (χ3n) is 3.68. The zero-order chi connectivity index (χ0) is 16.8. The van der Waals surface area contributed by atoms with Gasteiger partial charge in [-0.2, -0.15) is 18.3 Å². The van der Waals surface area contributed by atoms with Gasteiger partial charge in [0.05, 0.1) is 12.8 Å². The molecule has 1 atom stereocenters. The molecule has 1 aromatic heterocycles. The minimum absolute atomic E-state index is 0.00382. The van der Waals surface area contributed by atoms with E-state index >= 15 is 0 Å². The van der Waals surface area contributed by atoms with Gasteiger partial charge in [-0.15, -0.1) is 0 Å². The predicted molar refractivity (Wildman–Crippen MR) is 76.2 cm³/mol. The molecule has 1 aliphatic rings. The van der Waals surface area contributed by atoms with E-state index in [1.54, 1.807) is 13.0 Å². The Bertz CT molecular complexity index is 808. The van der Waals surface area contributed by atoms with Crippen LogP contribution in [0.5, 0.6) is 5.75 Å². The van der Waals surface area contributed by atoms with Crippen LogP contribution in [-0.4, -0.2) is 18.7 Å². The van der Waals surface area contributed by atoms with E-state index in [2.05, 4.69) is 10.5 Å². The summed E-state index contributed by atoms with van der Waals surface area (Å²) in [5.41, 5.74) is 3.35. The maximum Gasteiger partial charge on any atom is 0.449 e. The molecule has 122 valence electrons. The number of ether oxygens (including phenoxy) is 1. The number of amides is 1. The number of hydrazone groups is 1. The summed E-state index contributed by atoms with van der Waals surface area (Å²) in [5.74, 6) is -1.35. The summed E-state index contributed by atoms with van der Waals surface area (Å²) in [7, 11) is 1.35. The van der Waals surface area contributed by atoms with E-state index in [-0.39, 0.29) is 35.0 Å². The molecule has 2 heterocycles. The number of rotatable bonds is 2. The average molecular weight is 326 g/mol. The Hall–Kier alpha value is -2.51. The molecule has 1 unspecified atom stereocenters. The van der Waals surface area contributed by atoms with E-state index in [4.69, 9.17) is 9.15 Å². The number of nitrogens with one attached hydrogen (secondary N) is 1. The smallest absolute Gasteiger partial charge is 0.449 e. The molecule has 0 saturated carbocycles. The minimum atomic E-state index is -4.60. The molecule has 5 nitrogen and oxygen atoms in total. The SMILES string of the molecule is COc1ccc(C2=NNC(=O)CC2C)c2cc(C(F)(F)F)oc12. The van der Waals surface area contributed by atoms with Crippen molar-refractivity contribution < 1.29 is 27.1 Å². The van der Waals surface area contributed by atoms with E-state index in [1.165, 1.54) is 13.2 Å². The Morgan fingerprint density at radius 3 is 2.74 bits per heavy atom. The second kappa shape index (κ2) is 5.29. The highest BCUT2D eigenvalue weighted by molar-refractivity contribution is 6.14. The van der Waals surface area contributed by atoms with Crippen LogP contribution in [0.3, 0.4) is 0 Å². The van der Waals surface area contributed by atoms with Crippen molar-refractivity contribution in [1.29, 1.82) is 0 Å². The molecule has 1 N–H and O–H groups in total. The van der Waals surface area contributed by atoms with Gasteiger partial charge in [0.15, 0.2) is 11.3 Å². The van der Waals surface area contributed by atoms with Gasteiger partial charge in [0.1, 0.15) is 0 Å². The highest BCUT2D eigenvalue weighted by Gasteiger charge is 2.36. The standard InChI is InChI=1S/C15H13F3N2O3/c1-7-5-12(21)19-20-13(7)8-3-4-10(22-2)14-9(8)6-11(23-14)15(16,17)18/h3-4,6-7H,5H2,1-2H3,(H,19,21). The number of fused-ring (bicyclic) bond motifs is 1. The molecule has 23 heavy (non-hydrogen) atoms. The van der Waals surface area contributed by atoms with Gasteiger partial charge in [-0.25, -0.2) is 5.43 Å². The summed E-state index contributed by atoms with van der Waals surface area (Å²) >= 11 is 0. The zero-order valence-corrected chi connectivity index (χ0v) is 12.3. The van der Waals surface area contributed by atoms with E-state index in [9.17, 15) is 18.0 Å². The molecule has 1 amide bonds. The number of carbonyl (C=O) groups is 1. The van der Waals surface area contributed by atoms with Gasteiger partial charge in [0, 0.05) is 23.3 Å². The molecule has 0 fully saturated rings. The molecule has 2 aromatic rings. The molecule has 0 aliphatic carbocycles. The van der Waals surface area contributed by atoms with Crippen molar-refractivity contribution in [3.05, 3.63) is 29.5 Å². The molecule has 3 rings (SSSR count). The lowest BCUT2D eigenvalue weighted by Gasteiger charge is -2.19. The Kier molecular flexibility index (Phi) is 3.54. The summed E-state index contributed by atoms with van der Waals surface area (Å²) in [6, 6.07) is 4.06. The third kappa shape index (κ3) is 2.64. The maximum atomic E-state index is 12.9. The highest BCUT2D eigenvalue weighted by Crippen LogP contribution is 2.39. The van der Waals surface area contributed by atoms with Gasteiger partial charge in [0.2, 0.25) is 11.7 Å². The van der Waals surface area contributed by atoms with Crippen LogP contribution >= 0.6 is 0 Å². The summed E-state index contributed by atoms with van der Waals surface area (Å²) in [6.07, 6.45) is -4.38. The molecule has 0 saturated heterocycles. The summed E-state index contributed by atoms with van der Waals surface area (Å²) in [4.78, 5) is 11.3. The van der Waals surface area contributed by atoms with Crippen LogP contribution in [0.1, 0.15) is 24.7 Å². The van der Waals surface area contributed by atoms with E-state index in [0.29, 0.717) is 11.3 Å². The monoisotopic (exact) mass is 326 g/mol. The van der Waals surface area contributed by atoms with Gasteiger partial charge in [0.25, 0.3) is 0 Å². The normalized spacial score (nSPS) is 18.7. The van der Waals surface area contributed by atoms with Gasteiger partial charge >= 0.3 is 6.18 Å². The summed E-state index contributed by atoms with van der Waals surface area (Å²) < 4.78 is 48.8. The Morgan fingerprint density at radius 2 is 2.13 bits per heavy atom. The fraction of sp³-hybridized carbons (Fsp3) is 0.333. The van der Waals surface area contributed by atoms with Crippen LogP contribution in [0.25, 0.3) is 11.0 Å². The highest BCUT2D eigenvalue weighted by atomic mass is 19.4. The first kappa shape index (κ1) is 15.4. The number of nitrogens with zero attached hydrogens (tertiary/aromatic N) is 1. The van der Waals surface area contributed by atoms with E-state index in [1.807, 2.05) is 0 Å². The van der Waals surface area contributed by atoms with Crippen LogP contribution < -0.4 is 10.2 Å². The molecule has 1 aliphatic heterocycles. The van der Waals surface area contributed by atoms with Crippen molar-refractivity contribution in [2.75, 3.05) is 7.11 Å². The minimum Gasteiger partial charge on any atom is -0.493 e. The lowest BCUT2D eigenvalue weighted by atomic mass is 9.92. The molecule has 0 spiro atoms.